The van der Waals surface area contributed by atoms with Crippen LogP contribution < -0.4 is 5.32 Å². The fourth-order valence-electron chi connectivity index (χ4n) is 1.36. The summed E-state index contributed by atoms with van der Waals surface area (Å²) in [7, 11) is 0. The van der Waals surface area contributed by atoms with Gasteiger partial charge in [-0.25, -0.2) is 4.79 Å². The van der Waals surface area contributed by atoms with Crippen LogP contribution in [0.4, 0.5) is 0 Å². The smallest absolute Gasteiger partial charge is 0.329 e. The number of nitrogens with one attached hydrogen (secondary N) is 1. The highest BCUT2D eigenvalue weighted by Crippen LogP contribution is 2.15. The van der Waals surface area contributed by atoms with Crippen LogP contribution in [0.1, 0.15) is 36.4 Å². The van der Waals surface area contributed by atoms with Crippen molar-refractivity contribution < 1.29 is 14.7 Å². The molecule has 1 heterocycles. The molecule has 0 aliphatic carbocycles. The molecular formula is C10H14N2O3S. The van der Waals surface area contributed by atoms with Gasteiger partial charge in [0.1, 0.15) is 10.4 Å². The van der Waals surface area contributed by atoms with Gasteiger partial charge in [0.05, 0.1) is 11.7 Å². The van der Waals surface area contributed by atoms with E-state index in [2.05, 4.69) is 10.3 Å². The Balaban J connectivity index is 2.77. The zero-order valence-electron chi connectivity index (χ0n) is 9.19. The summed E-state index contributed by atoms with van der Waals surface area (Å²) in [5, 5.41) is 11.6. The number of rotatable bonds is 5. The van der Waals surface area contributed by atoms with Gasteiger partial charge in [0.15, 0.2) is 0 Å². The van der Waals surface area contributed by atoms with Gasteiger partial charge in [0.2, 0.25) is 0 Å². The van der Waals surface area contributed by atoms with E-state index in [0.29, 0.717) is 17.7 Å². The monoisotopic (exact) mass is 242 g/mol. The van der Waals surface area contributed by atoms with Crippen LogP contribution in [0.25, 0.3) is 0 Å². The number of carboxylic acids is 1. The SMILES string of the molecule is CCCC(C)(NC(=O)c1cncs1)C(=O)O. The highest BCUT2D eigenvalue weighted by molar-refractivity contribution is 7.11. The lowest BCUT2D eigenvalue weighted by Crippen LogP contribution is -2.51. The van der Waals surface area contributed by atoms with Crippen molar-refractivity contribution in [2.75, 3.05) is 0 Å². The molecule has 5 nitrogen and oxygen atoms in total. The number of aliphatic carboxylic acids is 1. The van der Waals surface area contributed by atoms with Crippen molar-refractivity contribution in [2.45, 2.75) is 32.2 Å². The minimum Gasteiger partial charge on any atom is -0.480 e. The van der Waals surface area contributed by atoms with Gasteiger partial charge in [-0.15, -0.1) is 11.3 Å². The van der Waals surface area contributed by atoms with Crippen LogP contribution in [0.15, 0.2) is 11.7 Å². The van der Waals surface area contributed by atoms with Crippen molar-refractivity contribution in [3.05, 3.63) is 16.6 Å². The molecule has 0 fully saturated rings. The van der Waals surface area contributed by atoms with E-state index < -0.39 is 11.5 Å². The van der Waals surface area contributed by atoms with Gasteiger partial charge in [0.25, 0.3) is 5.91 Å². The number of thiazole rings is 1. The summed E-state index contributed by atoms with van der Waals surface area (Å²) in [6, 6.07) is 0. The zero-order chi connectivity index (χ0) is 12.2. The van der Waals surface area contributed by atoms with Crippen LogP contribution >= 0.6 is 11.3 Å². The molecule has 1 rings (SSSR count). The number of carbonyl (C=O) groups is 2. The van der Waals surface area contributed by atoms with Crippen LogP contribution in [0.3, 0.4) is 0 Å². The standard InChI is InChI=1S/C10H14N2O3S/c1-3-4-10(2,9(14)15)12-8(13)7-5-11-6-16-7/h5-6H,3-4H2,1-2H3,(H,12,13)(H,14,15). The van der Waals surface area contributed by atoms with Crippen LogP contribution in [0.2, 0.25) is 0 Å². The third-order valence-electron chi connectivity index (χ3n) is 2.27. The molecule has 0 bridgehead atoms. The second-order valence-electron chi connectivity index (χ2n) is 3.71. The first-order chi connectivity index (χ1) is 7.49. The summed E-state index contributed by atoms with van der Waals surface area (Å²) < 4.78 is 0. The Hall–Kier alpha value is -1.43. The van der Waals surface area contributed by atoms with E-state index >= 15 is 0 Å². The molecule has 1 aromatic heterocycles. The Morgan fingerprint density at radius 2 is 2.31 bits per heavy atom. The fourth-order valence-corrected chi connectivity index (χ4v) is 1.88. The molecule has 0 saturated heterocycles. The first-order valence-electron chi connectivity index (χ1n) is 4.94. The number of amides is 1. The first kappa shape index (κ1) is 12.6. The number of carbonyl (C=O) groups excluding carboxylic acids is 1. The van der Waals surface area contributed by atoms with Crippen molar-refractivity contribution in [3.8, 4) is 0 Å². The van der Waals surface area contributed by atoms with Gasteiger partial charge in [-0.1, -0.05) is 13.3 Å². The molecule has 6 heteroatoms. The molecule has 0 radical (unpaired) electrons. The number of nitrogens with zero attached hydrogens (tertiary/aromatic N) is 1. The molecule has 0 saturated carbocycles. The Morgan fingerprint density at radius 3 is 2.75 bits per heavy atom. The maximum atomic E-state index is 11.7. The lowest BCUT2D eigenvalue weighted by molar-refractivity contribution is -0.144. The molecule has 1 amide bonds. The summed E-state index contributed by atoms with van der Waals surface area (Å²) in [4.78, 5) is 27.0. The number of hydrogen-bond acceptors (Lipinski definition) is 4. The number of hydrogen-bond donors (Lipinski definition) is 2. The van der Waals surface area contributed by atoms with Crippen LogP contribution in [-0.4, -0.2) is 27.5 Å². The number of carboxylic acid groups (broad SMARTS) is 1. The zero-order valence-corrected chi connectivity index (χ0v) is 10.0. The highest BCUT2D eigenvalue weighted by atomic mass is 32.1. The second kappa shape index (κ2) is 5.07. The van der Waals surface area contributed by atoms with Gasteiger partial charge in [-0.3, -0.25) is 9.78 Å². The Kier molecular flexibility index (Phi) is 4.00. The summed E-state index contributed by atoms with van der Waals surface area (Å²) >= 11 is 1.19. The van der Waals surface area contributed by atoms with Crippen molar-refractivity contribution >= 4 is 23.2 Å². The average Bonchev–Trinajstić information content (AvgIpc) is 2.70. The van der Waals surface area contributed by atoms with Crippen molar-refractivity contribution in [1.82, 2.24) is 10.3 Å². The maximum absolute atomic E-state index is 11.7. The third kappa shape index (κ3) is 2.79. The Bertz CT molecular complexity index is 377. The first-order valence-corrected chi connectivity index (χ1v) is 5.82. The normalized spacial score (nSPS) is 14.1. The molecule has 1 atom stereocenters. The summed E-state index contributed by atoms with van der Waals surface area (Å²) in [5.41, 5.74) is 0.322. The van der Waals surface area contributed by atoms with Gasteiger partial charge in [-0.2, -0.15) is 0 Å². The van der Waals surface area contributed by atoms with Gasteiger partial charge < -0.3 is 10.4 Å². The average molecular weight is 242 g/mol. The summed E-state index contributed by atoms with van der Waals surface area (Å²) in [5.74, 6) is -1.41. The van der Waals surface area contributed by atoms with E-state index in [-0.39, 0.29) is 5.91 Å². The van der Waals surface area contributed by atoms with E-state index in [4.69, 9.17) is 5.11 Å². The predicted octanol–water partition coefficient (Wildman–Crippen LogP) is 1.52. The largest absolute Gasteiger partial charge is 0.480 e. The van der Waals surface area contributed by atoms with Crippen molar-refractivity contribution in [2.24, 2.45) is 0 Å². The molecule has 0 spiro atoms. The lowest BCUT2D eigenvalue weighted by atomic mass is 9.96. The quantitative estimate of drug-likeness (QED) is 0.820. The molecule has 1 aromatic rings. The molecule has 88 valence electrons. The third-order valence-corrected chi connectivity index (χ3v) is 3.04. The molecule has 0 aromatic carbocycles. The van der Waals surface area contributed by atoms with E-state index in [1.165, 1.54) is 30.0 Å². The molecule has 1 unspecified atom stereocenters. The molecular weight excluding hydrogens is 228 g/mol. The molecule has 0 aliphatic heterocycles. The predicted molar refractivity (Wildman–Crippen MR) is 60.5 cm³/mol. The van der Waals surface area contributed by atoms with E-state index in [1.807, 2.05) is 6.92 Å². The molecule has 2 N–H and O–H groups in total. The Labute approximate surface area is 97.5 Å². The van der Waals surface area contributed by atoms with Gasteiger partial charge in [0, 0.05) is 0 Å². The minimum atomic E-state index is -1.21. The van der Waals surface area contributed by atoms with Gasteiger partial charge >= 0.3 is 5.97 Å². The molecule has 16 heavy (non-hydrogen) atoms. The molecule has 0 aliphatic rings. The van der Waals surface area contributed by atoms with Crippen molar-refractivity contribution in [3.63, 3.8) is 0 Å². The van der Waals surface area contributed by atoms with E-state index in [1.54, 1.807) is 0 Å². The summed E-state index contributed by atoms with van der Waals surface area (Å²) in [6.07, 6.45) is 2.51. The van der Waals surface area contributed by atoms with E-state index in [0.717, 1.165) is 0 Å². The highest BCUT2D eigenvalue weighted by Gasteiger charge is 2.34. The topological polar surface area (TPSA) is 79.3 Å². The number of aromatic nitrogens is 1. The van der Waals surface area contributed by atoms with Crippen LogP contribution in [0, 0.1) is 0 Å². The maximum Gasteiger partial charge on any atom is 0.329 e. The van der Waals surface area contributed by atoms with Crippen LogP contribution in [-0.2, 0) is 4.79 Å². The van der Waals surface area contributed by atoms with Crippen LogP contribution in [0.5, 0.6) is 0 Å². The minimum absolute atomic E-state index is 0.388. The lowest BCUT2D eigenvalue weighted by Gasteiger charge is -2.25. The fraction of sp³-hybridized carbons (Fsp3) is 0.500. The second-order valence-corrected chi connectivity index (χ2v) is 4.59. The summed E-state index contributed by atoms with van der Waals surface area (Å²) in [6.45, 7) is 3.39. The van der Waals surface area contributed by atoms with E-state index in [9.17, 15) is 9.59 Å². The Morgan fingerprint density at radius 1 is 1.62 bits per heavy atom. The van der Waals surface area contributed by atoms with Crippen molar-refractivity contribution in [1.29, 1.82) is 0 Å². The van der Waals surface area contributed by atoms with Gasteiger partial charge in [-0.05, 0) is 13.3 Å².